The molecule has 0 bridgehead atoms. The first-order valence-electron chi connectivity index (χ1n) is 11.1. The molecule has 0 fully saturated rings. The van der Waals surface area contributed by atoms with Crippen molar-refractivity contribution in [3.8, 4) is 0 Å². The standard InChI is InChI=1S/C25H28FN7/c1-6-7-21-23-24(33(5)32-21)25(27-14-18-8-10-19(26)11-9-18)31-22(30-23)13-12-20-17(4)28-15(2)16(3)29-20/h8-13H,6-7,14H2,1-5H3,(H,27,30,31). The molecular formula is C25H28FN7. The minimum atomic E-state index is -0.254. The lowest BCUT2D eigenvalue weighted by Gasteiger charge is -2.09. The summed E-state index contributed by atoms with van der Waals surface area (Å²) < 4.78 is 15.1. The highest BCUT2D eigenvalue weighted by molar-refractivity contribution is 5.88. The Bertz CT molecular complexity index is 1320. The van der Waals surface area contributed by atoms with Gasteiger partial charge in [-0.3, -0.25) is 9.67 Å². The third-order valence-electron chi connectivity index (χ3n) is 5.54. The molecule has 0 spiro atoms. The molecule has 170 valence electrons. The highest BCUT2D eigenvalue weighted by Gasteiger charge is 2.16. The number of fused-ring (bicyclic) bond motifs is 1. The van der Waals surface area contributed by atoms with Crippen molar-refractivity contribution < 1.29 is 4.39 Å². The molecule has 4 aromatic rings. The lowest BCUT2D eigenvalue weighted by Crippen LogP contribution is -2.06. The van der Waals surface area contributed by atoms with Crippen molar-refractivity contribution >= 4 is 29.0 Å². The van der Waals surface area contributed by atoms with E-state index in [4.69, 9.17) is 9.97 Å². The van der Waals surface area contributed by atoms with E-state index in [1.165, 1.54) is 12.1 Å². The quantitative estimate of drug-likeness (QED) is 0.433. The van der Waals surface area contributed by atoms with Crippen LogP contribution in [0.3, 0.4) is 0 Å². The number of aromatic nitrogens is 6. The summed E-state index contributed by atoms with van der Waals surface area (Å²) in [5.74, 6) is 0.995. The van der Waals surface area contributed by atoms with E-state index in [0.717, 1.165) is 57.9 Å². The molecule has 0 saturated carbocycles. The van der Waals surface area contributed by atoms with E-state index in [0.29, 0.717) is 18.2 Å². The minimum Gasteiger partial charge on any atom is -0.364 e. The molecule has 8 heteroatoms. The molecule has 0 saturated heterocycles. The van der Waals surface area contributed by atoms with Gasteiger partial charge in [0.15, 0.2) is 11.6 Å². The van der Waals surface area contributed by atoms with E-state index in [1.807, 2.05) is 44.7 Å². The van der Waals surface area contributed by atoms with Gasteiger partial charge in [-0.15, -0.1) is 0 Å². The van der Waals surface area contributed by atoms with Gasteiger partial charge in [-0.2, -0.15) is 5.10 Å². The highest BCUT2D eigenvalue weighted by atomic mass is 19.1. The minimum absolute atomic E-state index is 0.254. The lowest BCUT2D eigenvalue weighted by molar-refractivity contribution is 0.627. The number of hydrogen-bond acceptors (Lipinski definition) is 6. The zero-order chi connectivity index (χ0) is 23.5. The first kappa shape index (κ1) is 22.5. The highest BCUT2D eigenvalue weighted by Crippen LogP contribution is 2.25. The van der Waals surface area contributed by atoms with Crippen LogP contribution in [0.15, 0.2) is 24.3 Å². The first-order valence-corrected chi connectivity index (χ1v) is 11.1. The van der Waals surface area contributed by atoms with Gasteiger partial charge in [0.05, 0.1) is 28.5 Å². The van der Waals surface area contributed by atoms with Crippen molar-refractivity contribution in [2.75, 3.05) is 5.32 Å². The second kappa shape index (κ2) is 9.44. The Morgan fingerprint density at radius 3 is 2.39 bits per heavy atom. The largest absolute Gasteiger partial charge is 0.364 e. The number of benzene rings is 1. The first-order chi connectivity index (χ1) is 15.9. The van der Waals surface area contributed by atoms with Gasteiger partial charge in [-0.05, 0) is 57.0 Å². The van der Waals surface area contributed by atoms with Gasteiger partial charge in [0.2, 0.25) is 0 Å². The second-order valence-corrected chi connectivity index (χ2v) is 8.13. The van der Waals surface area contributed by atoms with Crippen LogP contribution in [0.2, 0.25) is 0 Å². The topological polar surface area (TPSA) is 81.4 Å². The molecule has 0 aliphatic rings. The van der Waals surface area contributed by atoms with Crippen LogP contribution in [0.25, 0.3) is 23.2 Å². The van der Waals surface area contributed by atoms with Crippen LogP contribution >= 0.6 is 0 Å². The van der Waals surface area contributed by atoms with Crippen molar-refractivity contribution in [1.82, 2.24) is 29.7 Å². The summed E-state index contributed by atoms with van der Waals surface area (Å²) in [5.41, 5.74) is 7.06. The van der Waals surface area contributed by atoms with Crippen LogP contribution in [0, 0.1) is 26.6 Å². The molecule has 0 atom stereocenters. The predicted molar refractivity (Wildman–Crippen MR) is 129 cm³/mol. The fourth-order valence-corrected chi connectivity index (χ4v) is 3.69. The summed E-state index contributed by atoms with van der Waals surface area (Å²) in [6, 6.07) is 6.43. The monoisotopic (exact) mass is 445 g/mol. The number of rotatable bonds is 7. The van der Waals surface area contributed by atoms with E-state index in [9.17, 15) is 4.39 Å². The van der Waals surface area contributed by atoms with Gasteiger partial charge >= 0.3 is 0 Å². The smallest absolute Gasteiger partial charge is 0.156 e. The van der Waals surface area contributed by atoms with E-state index in [2.05, 4.69) is 27.3 Å². The fraction of sp³-hybridized carbons (Fsp3) is 0.320. The Labute approximate surface area is 192 Å². The van der Waals surface area contributed by atoms with Crippen molar-refractivity contribution in [3.63, 3.8) is 0 Å². The molecule has 3 heterocycles. The normalized spacial score (nSPS) is 11.6. The molecule has 0 aliphatic carbocycles. The molecule has 0 radical (unpaired) electrons. The van der Waals surface area contributed by atoms with Crippen LogP contribution < -0.4 is 5.32 Å². The summed E-state index contributed by atoms with van der Waals surface area (Å²) in [7, 11) is 1.90. The maximum Gasteiger partial charge on any atom is 0.156 e. The van der Waals surface area contributed by atoms with Crippen LogP contribution in [0.1, 0.15) is 53.2 Å². The third-order valence-corrected chi connectivity index (χ3v) is 5.54. The van der Waals surface area contributed by atoms with E-state index in [1.54, 1.807) is 12.1 Å². The van der Waals surface area contributed by atoms with Crippen LogP contribution in [0.5, 0.6) is 0 Å². The van der Waals surface area contributed by atoms with Gasteiger partial charge < -0.3 is 5.32 Å². The van der Waals surface area contributed by atoms with Crippen molar-refractivity contribution in [2.24, 2.45) is 7.05 Å². The molecule has 3 aromatic heterocycles. The average molecular weight is 446 g/mol. The van der Waals surface area contributed by atoms with Gasteiger partial charge in [-0.25, -0.2) is 19.3 Å². The van der Waals surface area contributed by atoms with Gasteiger partial charge in [0.25, 0.3) is 0 Å². The predicted octanol–water partition coefficient (Wildman–Crippen LogP) is 4.95. The Hall–Kier alpha value is -3.68. The summed E-state index contributed by atoms with van der Waals surface area (Å²) in [6.45, 7) is 8.48. The number of hydrogen-bond donors (Lipinski definition) is 1. The summed E-state index contributed by atoms with van der Waals surface area (Å²) in [5, 5.41) is 8.07. The van der Waals surface area contributed by atoms with Crippen molar-refractivity contribution in [3.05, 3.63) is 69.9 Å². The zero-order valence-corrected chi connectivity index (χ0v) is 19.6. The number of aryl methyl sites for hydroxylation is 5. The molecule has 4 rings (SSSR count). The lowest BCUT2D eigenvalue weighted by atomic mass is 10.2. The van der Waals surface area contributed by atoms with Gasteiger partial charge in [-0.1, -0.05) is 25.5 Å². The SMILES string of the molecule is CCCc1nn(C)c2c(NCc3ccc(F)cc3)nc(C=Cc3nc(C)c(C)nc3C)nc12. The molecule has 0 amide bonds. The summed E-state index contributed by atoms with van der Waals surface area (Å²) in [4.78, 5) is 18.8. The molecule has 1 aromatic carbocycles. The fourth-order valence-electron chi connectivity index (χ4n) is 3.69. The van der Waals surface area contributed by atoms with E-state index >= 15 is 0 Å². The second-order valence-electron chi connectivity index (χ2n) is 8.13. The molecule has 0 unspecified atom stereocenters. The Kier molecular flexibility index (Phi) is 6.44. The number of anilines is 1. The van der Waals surface area contributed by atoms with Gasteiger partial charge in [0, 0.05) is 13.6 Å². The Balaban J connectivity index is 1.74. The molecular weight excluding hydrogens is 417 g/mol. The maximum absolute atomic E-state index is 13.3. The van der Waals surface area contributed by atoms with Crippen LogP contribution in [-0.4, -0.2) is 29.7 Å². The zero-order valence-electron chi connectivity index (χ0n) is 19.6. The van der Waals surface area contributed by atoms with Crippen molar-refractivity contribution in [2.45, 2.75) is 47.1 Å². The van der Waals surface area contributed by atoms with Gasteiger partial charge in [0.1, 0.15) is 16.9 Å². The number of halogens is 1. The average Bonchev–Trinajstić information content (AvgIpc) is 3.10. The molecule has 7 nitrogen and oxygen atoms in total. The van der Waals surface area contributed by atoms with E-state index < -0.39 is 0 Å². The maximum atomic E-state index is 13.3. The van der Waals surface area contributed by atoms with E-state index in [-0.39, 0.29) is 5.82 Å². The van der Waals surface area contributed by atoms with Crippen LogP contribution in [0.4, 0.5) is 10.2 Å². The third kappa shape index (κ3) is 4.89. The van der Waals surface area contributed by atoms with Crippen LogP contribution in [-0.2, 0) is 20.0 Å². The molecule has 1 N–H and O–H groups in total. The Morgan fingerprint density at radius 2 is 1.67 bits per heavy atom. The molecule has 0 aliphatic heterocycles. The summed E-state index contributed by atoms with van der Waals surface area (Å²) in [6.07, 6.45) is 5.56. The number of nitrogens with one attached hydrogen (secondary N) is 1. The Morgan fingerprint density at radius 1 is 0.939 bits per heavy atom. The summed E-state index contributed by atoms with van der Waals surface area (Å²) >= 11 is 0. The number of nitrogens with zero attached hydrogens (tertiary/aromatic N) is 6. The molecule has 33 heavy (non-hydrogen) atoms. The van der Waals surface area contributed by atoms with Crippen molar-refractivity contribution in [1.29, 1.82) is 0 Å².